The van der Waals surface area contributed by atoms with E-state index in [9.17, 15) is 0 Å². The molecule has 0 spiro atoms. The highest BCUT2D eigenvalue weighted by Crippen LogP contribution is 2.33. The molecule has 72 valence electrons. The first-order valence-corrected chi connectivity index (χ1v) is 4.85. The van der Waals surface area contributed by atoms with Crippen LogP contribution in [0.3, 0.4) is 0 Å². The Balaban J connectivity index is 2.52. The number of hydrogen-bond acceptors (Lipinski definition) is 3. The molecular formula is C10H12N4. The zero-order chi connectivity index (χ0) is 9.71. The van der Waals surface area contributed by atoms with Crippen LogP contribution in [0.5, 0.6) is 0 Å². The monoisotopic (exact) mass is 188 g/mol. The van der Waals surface area contributed by atoms with Crippen molar-refractivity contribution in [2.75, 3.05) is 5.73 Å². The summed E-state index contributed by atoms with van der Waals surface area (Å²) in [6.07, 6.45) is 5.02. The van der Waals surface area contributed by atoms with Crippen LogP contribution in [-0.2, 0) is 19.9 Å². The minimum absolute atomic E-state index is 0.619. The molecule has 0 aliphatic heterocycles. The Labute approximate surface area is 81.8 Å². The van der Waals surface area contributed by atoms with E-state index in [4.69, 9.17) is 5.73 Å². The Morgan fingerprint density at radius 3 is 3.07 bits per heavy atom. The largest absolute Gasteiger partial charge is 0.383 e. The summed E-state index contributed by atoms with van der Waals surface area (Å²) in [6.45, 7) is 0. The fourth-order valence-corrected chi connectivity index (χ4v) is 2.43. The molecule has 2 heterocycles. The van der Waals surface area contributed by atoms with Crippen LogP contribution in [0.1, 0.15) is 17.7 Å². The van der Waals surface area contributed by atoms with Gasteiger partial charge in [-0.15, -0.1) is 0 Å². The second-order valence-corrected chi connectivity index (χ2v) is 3.80. The van der Waals surface area contributed by atoms with Gasteiger partial charge >= 0.3 is 0 Å². The highest BCUT2D eigenvalue weighted by atomic mass is 15.1. The molecule has 2 aromatic heterocycles. The van der Waals surface area contributed by atoms with Gasteiger partial charge in [0.05, 0.1) is 5.39 Å². The number of fused-ring (bicyclic) bond motifs is 3. The van der Waals surface area contributed by atoms with Crippen LogP contribution in [0, 0.1) is 0 Å². The number of nitrogens with two attached hydrogens (primary N) is 1. The van der Waals surface area contributed by atoms with Crippen LogP contribution in [0.2, 0.25) is 0 Å². The lowest BCUT2D eigenvalue weighted by atomic mass is 10.2. The summed E-state index contributed by atoms with van der Waals surface area (Å²) < 4.78 is 2.15. The number of anilines is 1. The Kier molecular flexibility index (Phi) is 1.37. The van der Waals surface area contributed by atoms with E-state index in [1.165, 1.54) is 24.0 Å². The first-order chi connectivity index (χ1) is 6.79. The smallest absolute Gasteiger partial charge is 0.145 e. The highest BCUT2D eigenvalue weighted by Gasteiger charge is 2.22. The molecule has 1 aliphatic carbocycles. The van der Waals surface area contributed by atoms with Crippen LogP contribution in [0.4, 0.5) is 5.82 Å². The molecule has 4 heteroatoms. The third-order valence-electron chi connectivity index (χ3n) is 3.07. The van der Waals surface area contributed by atoms with E-state index in [1.54, 1.807) is 0 Å². The lowest BCUT2D eigenvalue weighted by Gasteiger charge is -1.99. The van der Waals surface area contributed by atoms with E-state index < -0.39 is 0 Å². The van der Waals surface area contributed by atoms with Gasteiger partial charge in [-0.05, 0) is 24.8 Å². The summed E-state index contributed by atoms with van der Waals surface area (Å²) in [6, 6.07) is 0. The van der Waals surface area contributed by atoms with E-state index in [0.29, 0.717) is 5.82 Å². The molecule has 0 aromatic carbocycles. The van der Waals surface area contributed by atoms with Gasteiger partial charge in [-0.25, -0.2) is 9.97 Å². The number of aryl methyl sites for hydroxylation is 2. The Morgan fingerprint density at radius 2 is 2.21 bits per heavy atom. The van der Waals surface area contributed by atoms with Crippen LogP contribution < -0.4 is 5.73 Å². The van der Waals surface area contributed by atoms with Gasteiger partial charge in [-0.1, -0.05) is 0 Å². The predicted octanol–water partition coefficient (Wildman–Crippen LogP) is 1.04. The molecule has 0 saturated heterocycles. The van der Waals surface area contributed by atoms with Crippen molar-refractivity contribution in [3.05, 3.63) is 17.6 Å². The molecule has 0 radical (unpaired) electrons. The van der Waals surface area contributed by atoms with Gasteiger partial charge < -0.3 is 10.3 Å². The summed E-state index contributed by atoms with van der Waals surface area (Å²) in [5, 5.41) is 1.07. The van der Waals surface area contributed by atoms with Crippen molar-refractivity contribution >= 4 is 16.9 Å². The first-order valence-electron chi connectivity index (χ1n) is 4.85. The lowest BCUT2D eigenvalue weighted by molar-refractivity contribution is 0.823. The molecule has 0 unspecified atom stereocenters. The normalized spacial score (nSPS) is 14.9. The molecule has 0 bridgehead atoms. The standard InChI is InChI=1S/C10H12N4/c1-14-7-4-2-3-6(7)8-9(11)12-5-13-10(8)14/h5H,2-4H2,1H3,(H2,11,12,13). The average Bonchev–Trinajstić information content (AvgIpc) is 2.72. The summed E-state index contributed by atoms with van der Waals surface area (Å²) in [5.41, 5.74) is 9.60. The third kappa shape index (κ3) is 0.780. The second-order valence-electron chi connectivity index (χ2n) is 3.80. The molecule has 0 fully saturated rings. The molecule has 2 aromatic rings. The Morgan fingerprint density at radius 1 is 1.36 bits per heavy atom. The lowest BCUT2D eigenvalue weighted by Crippen LogP contribution is -1.97. The van der Waals surface area contributed by atoms with Crippen molar-refractivity contribution in [2.24, 2.45) is 7.05 Å². The van der Waals surface area contributed by atoms with Gasteiger partial charge in [-0.3, -0.25) is 0 Å². The van der Waals surface area contributed by atoms with Gasteiger partial charge in [0.25, 0.3) is 0 Å². The Hall–Kier alpha value is -1.58. The van der Waals surface area contributed by atoms with Crippen LogP contribution in [-0.4, -0.2) is 14.5 Å². The number of nitrogen functional groups attached to an aromatic ring is 1. The molecule has 2 N–H and O–H groups in total. The highest BCUT2D eigenvalue weighted by molar-refractivity contribution is 5.91. The van der Waals surface area contributed by atoms with E-state index in [0.717, 1.165) is 23.9 Å². The number of aromatic nitrogens is 3. The zero-order valence-corrected chi connectivity index (χ0v) is 8.12. The van der Waals surface area contributed by atoms with Gasteiger partial charge in [0.1, 0.15) is 17.8 Å². The van der Waals surface area contributed by atoms with Gasteiger partial charge in [0, 0.05) is 12.7 Å². The first kappa shape index (κ1) is 7.79. The Bertz CT molecular complexity index is 512. The van der Waals surface area contributed by atoms with Gasteiger partial charge in [0.15, 0.2) is 0 Å². The van der Waals surface area contributed by atoms with E-state index in [-0.39, 0.29) is 0 Å². The number of nitrogens with zero attached hydrogens (tertiary/aromatic N) is 3. The van der Waals surface area contributed by atoms with Crippen LogP contribution >= 0.6 is 0 Å². The van der Waals surface area contributed by atoms with Gasteiger partial charge in [0.2, 0.25) is 0 Å². The zero-order valence-electron chi connectivity index (χ0n) is 8.12. The quantitative estimate of drug-likeness (QED) is 0.672. The summed E-state index contributed by atoms with van der Waals surface area (Å²) >= 11 is 0. The summed E-state index contributed by atoms with van der Waals surface area (Å²) in [5.74, 6) is 0.619. The number of hydrogen-bond donors (Lipinski definition) is 1. The molecule has 0 amide bonds. The fourth-order valence-electron chi connectivity index (χ4n) is 2.43. The van der Waals surface area contributed by atoms with Crippen molar-refractivity contribution in [3.63, 3.8) is 0 Å². The SMILES string of the molecule is Cn1c2c(c3c(N)ncnc31)CCC2. The van der Waals surface area contributed by atoms with E-state index >= 15 is 0 Å². The molecule has 1 aliphatic rings. The maximum atomic E-state index is 5.88. The summed E-state index contributed by atoms with van der Waals surface area (Å²) in [7, 11) is 2.05. The molecular weight excluding hydrogens is 176 g/mol. The third-order valence-corrected chi connectivity index (χ3v) is 3.07. The maximum Gasteiger partial charge on any atom is 0.145 e. The van der Waals surface area contributed by atoms with Crippen molar-refractivity contribution in [3.8, 4) is 0 Å². The summed E-state index contributed by atoms with van der Waals surface area (Å²) in [4.78, 5) is 8.33. The number of rotatable bonds is 0. The van der Waals surface area contributed by atoms with E-state index in [1.807, 2.05) is 0 Å². The molecule has 0 atom stereocenters. The maximum absolute atomic E-state index is 5.88. The topological polar surface area (TPSA) is 56.7 Å². The van der Waals surface area contributed by atoms with Crippen molar-refractivity contribution in [2.45, 2.75) is 19.3 Å². The molecule has 4 nitrogen and oxygen atoms in total. The molecule has 3 rings (SSSR count). The van der Waals surface area contributed by atoms with Crippen LogP contribution in [0.15, 0.2) is 6.33 Å². The van der Waals surface area contributed by atoms with Crippen LogP contribution in [0.25, 0.3) is 11.0 Å². The van der Waals surface area contributed by atoms with Crippen molar-refractivity contribution in [1.29, 1.82) is 0 Å². The average molecular weight is 188 g/mol. The van der Waals surface area contributed by atoms with Crippen molar-refractivity contribution < 1.29 is 0 Å². The minimum Gasteiger partial charge on any atom is -0.383 e. The van der Waals surface area contributed by atoms with E-state index in [2.05, 4.69) is 21.6 Å². The predicted molar refractivity (Wildman–Crippen MR) is 54.9 cm³/mol. The van der Waals surface area contributed by atoms with Gasteiger partial charge in [-0.2, -0.15) is 0 Å². The molecule has 14 heavy (non-hydrogen) atoms. The molecule has 0 saturated carbocycles. The van der Waals surface area contributed by atoms with Crippen molar-refractivity contribution in [1.82, 2.24) is 14.5 Å². The fraction of sp³-hybridized carbons (Fsp3) is 0.400. The minimum atomic E-state index is 0.619. The second kappa shape index (κ2) is 2.47.